The second-order valence-corrected chi connectivity index (χ2v) is 9.39. The third-order valence-corrected chi connectivity index (χ3v) is 6.42. The van der Waals surface area contributed by atoms with Crippen LogP contribution in [0.3, 0.4) is 0 Å². The lowest BCUT2D eigenvalue weighted by atomic mass is 9.97. The van der Waals surface area contributed by atoms with Gasteiger partial charge in [0.15, 0.2) is 0 Å². The molecule has 0 aromatic carbocycles. The van der Waals surface area contributed by atoms with E-state index in [4.69, 9.17) is 4.98 Å². The first kappa shape index (κ1) is 33.5. The van der Waals surface area contributed by atoms with Gasteiger partial charge in [0.2, 0.25) is 0 Å². The minimum absolute atomic E-state index is 0.316. The van der Waals surface area contributed by atoms with Crippen molar-refractivity contribution in [1.82, 2.24) is 19.9 Å². The third-order valence-electron chi connectivity index (χ3n) is 6.42. The number of aromatic amines is 1. The molecule has 0 aliphatic heterocycles. The van der Waals surface area contributed by atoms with Crippen LogP contribution in [0.4, 0.5) is 11.4 Å². The Hall–Kier alpha value is -4.71. The summed E-state index contributed by atoms with van der Waals surface area (Å²) in [6, 6.07) is 10.2. The third kappa shape index (κ3) is 8.16. The fourth-order valence-corrected chi connectivity index (χ4v) is 4.17. The van der Waals surface area contributed by atoms with E-state index in [1.54, 1.807) is 18.5 Å². The average Bonchev–Trinajstić information content (AvgIpc) is 3.42. The molecular formula is C36H46N6. The molecule has 4 rings (SSSR count). The average molecular weight is 563 g/mol. The van der Waals surface area contributed by atoms with Gasteiger partial charge in [-0.3, -0.25) is 15.0 Å². The fourth-order valence-electron chi connectivity index (χ4n) is 4.17. The molecule has 4 aromatic heterocycles. The molecule has 4 aromatic rings. The Morgan fingerprint density at radius 3 is 2.31 bits per heavy atom. The van der Waals surface area contributed by atoms with Crippen LogP contribution in [0.5, 0.6) is 0 Å². The van der Waals surface area contributed by atoms with Crippen LogP contribution in [0.2, 0.25) is 0 Å². The van der Waals surface area contributed by atoms with E-state index in [2.05, 4.69) is 72.2 Å². The number of allylic oxidation sites excluding steroid dienone is 3. The van der Waals surface area contributed by atoms with Gasteiger partial charge in [-0.15, -0.1) is 0 Å². The summed E-state index contributed by atoms with van der Waals surface area (Å²) in [6.45, 7) is 26.7. The van der Waals surface area contributed by atoms with Crippen molar-refractivity contribution in [3.8, 4) is 11.3 Å². The van der Waals surface area contributed by atoms with E-state index in [0.29, 0.717) is 5.92 Å². The molecule has 6 heteroatoms. The smallest absolute Gasteiger partial charge is 0.0726 e. The molecule has 0 saturated carbocycles. The maximum Gasteiger partial charge on any atom is 0.0726 e. The van der Waals surface area contributed by atoms with E-state index >= 15 is 0 Å². The molecule has 0 aliphatic rings. The van der Waals surface area contributed by atoms with Gasteiger partial charge in [-0.1, -0.05) is 79.5 Å². The molecule has 0 fully saturated rings. The lowest BCUT2D eigenvalue weighted by molar-refractivity contribution is 0.778. The molecule has 0 spiro atoms. The zero-order chi connectivity index (χ0) is 31.2. The van der Waals surface area contributed by atoms with Crippen molar-refractivity contribution in [2.45, 2.75) is 48.5 Å². The summed E-state index contributed by atoms with van der Waals surface area (Å²) in [6.07, 6.45) is 12.9. The largest absolute Gasteiger partial charge is 0.386 e. The van der Waals surface area contributed by atoms with Gasteiger partial charge in [-0.25, -0.2) is 0 Å². The maximum atomic E-state index is 4.70. The van der Waals surface area contributed by atoms with Crippen LogP contribution in [-0.4, -0.2) is 27.0 Å². The van der Waals surface area contributed by atoms with E-state index in [1.807, 2.05) is 83.7 Å². The minimum atomic E-state index is 0.316. The van der Waals surface area contributed by atoms with Crippen molar-refractivity contribution in [3.63, 3.8) is 0 Å². The number of H-pyrrole nitrogens is 1. The van der Waals surface area contributed by atoms with Crippen LogP contribution in [0.15, 0.2) is 98.9 Å². The minimum Gasteiger partial charge on any atom is -0.386 e. The van der Waals surface area contributed by atoms with Gasteiger partial charge in [0.05, 0.1) is 29.5 Å². The second kappa shape index (κ2) is 16.5. The van der Waals surface area contributed by atoms with E-state index < -0.39 is 0 Å². The van der Waals surface area contributed by atoms with Gasteiger partial charge in [-0.2, -0.15) is 0 Å². The fraction of sp³-hybridized carbons (Fsp3) is 0.250. The highest BCUT2D eigenvalue weighted by atomic mass is 14.9. The molecule has 3 N–H and O–H groups in total. The van der Waals surface area contributed by atoms with E-state index in [1.165, 1.54) is 0 Å². The zero-order valence-corrected chi connectivity index (χ0v) is 26.5. The Morgan fingerprint density at radius 2 is 1.69 bits per heavy atom. The van der Waals surface area contributed by atoms with Gasteiger partial charge in [0.1, 0.15) is 0 Å². The van der Waals surface area contributed by atoms with Crippen LogP contribution in [0.1, 0.15) is 69.6 Å². The van der Waals surface area contributed by atoms with Crippen molar-refractivity contribution in [2.75, 3.05) is 17.7 Å². The van der Waals surface area contributed by atoms with Gasteiger partial charge >= 0.3 is 0 Å². The summed E-state index contributed by atoms with van der Waals surface area (Å²) in [7, 11) is 1.88. The van der Waals surface area contributed by atoms with Crippen molar-refractivity contribution in [3.05, 3.63) is 127 Å². The first-order valence-corrected chi connectivity index (χ1v) is 14.5. The topological polar surface area (TPSA) is 78.5 Å². The molecule has 0 amide bonds. The van der Waals surface area contributed by atoms with Crippen LogP contribution in [0.25, 0.3) is 22.4 Å². The lowest BCUT2D eigenvalue weighted by Crippen LogP contribution is -2.05. The number of aryl methyl sites for hydroxylation is 1. The molecule has 4 heterocycles. The molecular weight excluding hydrogens is 516 g/mol. The van der Waals surface area contributed by atoms with E-state index in [9.17, 15) is 0 Å². The first-order valence-electron chi connectivity index (χ1n) is 14.5. The SMILES string of the molecule is C=C/C=C(/c1cccnc1)c1cc(C(=C)c2cc(-c3cncc(NC(=C)C(C)C)c3)ncc2NC)[nH]c1C.CC.CC. The summed E-state index contributed by atoms with van der Waals surface area (Å²) in [5.41, 5.74) is 11.3. The Balaban J connectivity index is 0.00000148. The van der Waals surface area contributed by atoms with Crippen molar-refractivity contribution in [2.24, 2.45) is 5.92 Å². The molecule has 6 nitrogen and oxygen atoms in total. The zero-order valence-electron chi connectivity index (χ0n) is 26.5. The standard InChI is InChI=1S/C32H34N6.2C2H6/c1-8-10-27(24-11-9-12-34-16-24)29-15-30(38-23(29)6)21(4)28-14-31(36-19-32(28)33-7)25-13-26(18-35-17-25)37-22(5)20(2)3;2*1-2/h8-20,33,37-38H,1,4-5H2,2-3,6-7H3;2*1-2H3/b27-10-;;. The number of pyridine rings is 3. The number of nitrogens with one attached hydrogen (secondary N) is 3. The van der Waals surface area contributed by atoms with Gasteiger partial charge in [0, 0.05) is 70.6 Å². The Bertz CT molecular complexity index is 1510. The van der Waals surface area contributed by atoms with E-state index in [-0.39, 0.29) is 0 Å². The number of hydrogen-bond acceptors (Lipinski definition) is 5. The highest BCUT2D eigenvalue weighted by molar-refractivity contribution is 5.89. The maximum absolute atomic E-state index is 4.70. The predicted octanol–water partition coefficient (Wildman–Crippen LogP) is 9.53. The lowest BCUT2D eigenvalue weighted by Gasteiger charge is -2.15. The summed E-state index contributed by atoms with van der Waals surface area (Å²) < 4.78 is 0. The van der Waals surface area contributed by atoms with Crippen molar-refractivity contribution in [1.29, 1.82) is 0 Å². The molecule has 0 saturated heterocycles. The normalized spacial score (nSPS) is 10.5. The van der Waals surface area contributed by atoms with Crippen molar-refractivity contribution >= 4 is 22.5 Å². The number of rotatable bonds is 10. The highest BCUT2D eigenvalue weighted by Crippen LogP contribution is 2.34. The number of aromatic nitrogens is 4. The van der Waals surface area contributed by atoms with Gasteiger partial charge in [-0.05, 0) is 42.7 Å². The number of hydrogen-bond donors (Lipinski definition) is 3. The Morgan fingerprint density at radius 1 is 0.952 bits per heavy atom. The van der Waals surface area contributed by atoms with Crippen LogP contribution >= 0.6 is 0 Å². The van der Waals surface area contributed by atoms with E-state index in [0.717, 1.165) is 67.6 Å². The predicted molar refractivity (Wildman–Crippen MR) is 182 cm³/mol. The Labute approximate surface area is 252 Å². The number of nitrogens with zero attached hydrogens (tertiary/aromatic N) is 3. The Kier molecular flexibility index (Phi) is 13.2. The van der Waals surface area contributed by atoms with Crippen molar-refractivity contribution < 1.29 is 0 Å². The summed E-state index contributed by atoms with van der Waals surface area (Å²) in [5.74, 6) is 0.316. The molecule has 0 unspecified atom stereocenters. The number of anilines is 2. The molecule has 0 radical (unpaired) electrons. The highest BCUT2D eigenvalue weighted by Gasteiger charge is 2.17. The van der Waals surface area contributed by atoms with Gasteiger partial charge in [0.25, 0.3) is 0 Å². The molecule has 220 valence electrons. The van der Waals surface area contributed by atoms with Gasteiger partial charge < -0.3 is 15.6 Å². The first-order chi connectivity index (χ1) is 20.3. The molecule has 0 atom stereocenters. The summed E-state index contributed by atoms with van der Waals surface area (Å²) in [5, 5.41) is 6.60. The molecule has 42 heavy (non-hydrogen) atoms. The van der Waals surface area contributed by atoms with Crippen LogP contribution in [-0.2, 0) is 0 Å². The summed E-state index contributed by atoms with van der Waals surface area (Å²) >= 11 is 0. The quantitative estimate of drug-likeness (QED) is 0.168. The second-order valence-electron chi connectivity index (χ2n) is 9.39. The van der Waals surface area contributed by atoms with Crippen LogP contribution < -0.4 is 10.6 Å². The molecule has 0 bridgehead atoms. The monoisotopic (exact) mass is 562 g/mol. The van der Waals surface area contributed by atoms with Crippen LogP contribution in [0, 0.1) is 12.8 Å². The summed E-state index contributed by atoms with van der Waals surface area (Å²) in [4.78, 5) is 16.9. The molecule has 0 aliphatic carbocycles.